The molecule has 0 fully saturated rings. The van der Waals surface area contributed by atoms with E-state index in [4.69, 9.17) is 17.3 Å². The summed E-state index contributed by atoms with van der Waals surface area (Å²) in [6.45, 7) is 4.21. The summed E-state index contributed by atoms with van der Waals surface area (Å²) in [6.07, 6.45) is 0.871. The van der Waals surface area contributed by atoms with Crippen LogP contribution in [0.3, 0.4) is 0 Å². The molecule has 1 nitrogen and oxygen atoms in total. The third kappa shape index (κ3) is 3.02. The number of alkyl halides is 1. The van der Waals surface area contributed by atoms with Crippen LogP contribution in [-0.2, 0) is 6.42 Å². The second-order valence-electron chi connectivity index (χ2n) is 3.55. The Morgan fingerprint density at radius 1 is 1.38 bits per heavy atom. The van der Waals surface area contributed by atoms with Crippen LogP contribution < -0.4 is 5.73 Å². The van der Waals surface area contributed by atoms with Gasteiger partial charge >= 0.3 is 0 Å². The van der Waals surface area contributed by atoms with Crippen LogP contribution >= 0.6 is 11.6 Å². The molecule has 0 heterocycles. The third-order valence-corrected chi connectivity index (χ3v) is 2.57. The molecule has 2 heteroatoms. The van der Waals surface area contributed by atoms with E-state index >= 15 is 0 Å². The molecular weight excluding hydrogens is 182 g/mol. The van der Waals surface area contributed by atoms with Gasteiger partial charge in [0.2, 0.25) is 0 Å². The molecule has 0 aliphatic heterocycles. The highest BCUT2D eigenvalue weighted by Gasteiger charge is 2.04. The first kappa shape index (κ1) is 10.6. The van der Waals surface area contributed by atoms with Crippen molar-refractivity contribution in [1.29, 1.82) is 0 Å². The van der Waals surface area contributed by atoms with Crippen LogP contribution in [0.25, 0.3) is 0 Å². The number of nitrogens with two attached hydrogens (primary N) is 1. The molecule has 1 aromatic carbocycles. The Kier molecular flexibility index (Phi) is 3.76. The highest BCUT2D eigenvalue weighted by atomic mass is 35.5. The fourth-order valence-electron chi connectivity index (χ4n) is 1.41. The molecule has 0 aliphatic carbocycles. The number of hydrogen-bond acceptors (Lipinski definition) is 1. The molecule has 0 radical (unpaired) electrons. The lowest BCUT2D eigenvalue weighted by atomic mass is 10.0. The summed E-state index contributed by atoms with van der Waals surface area (Å²) in [6, 6.07) is 6.50. The normalized spacial score (nSPS) is 12.9. The minimum Gasteiger partial charge on any atom is -0.326 e. The molecule has 0 amide bonds. The number of hydrogen-bond donors (Lipinski definition) is 1. The fourth-order valence-corrected chi connectivity index (χ4v) is 1.52. The van der Waals surface area contributed by atoms with Gasteiger partial charge in [-0.25, -0.2) is 0 Å². The first-order valence-electron chi connectivity index (χ1n) is 4.51. The summed E-state index contributed by atoms with van der Waals surface area (Å²) in [5.41, 5.74) is 9.68. The number of benzene rings is 1. The van der Waals surface area contributed by atoms with Gasteiger partial charge in [-0.15, -0.1) is 11.6 Å². The molecule has 1 aromatic rings. The van der Waals surface area contributed by atoms with E-state index in [-0.39, 0.29) is 6.04 Å². The maximum Gasteiger partial charge on any atom is 0.0378 e. The Hall–Kier alpha value is -0.530. The summed E-state index contributed by atoms with van der Waals surface area (Å²) < 4.78 is 0. The van der Waals surface area contributed by atoms with E-state index in [2.05, 4.69) is 32.0 Å². The summed E-state index contributed by atoms with van der Waals surface area (Å²) >= 11 is 5.66. The second kappa shape index (κ2) is 4.64. The molecule has 0 saturated carbocycles. The number of aryl methyl sites for hydroxylation is 2. The molecule has 1 rings (SSSR count). The highest BCUT2D eigenvalue weighted by Crippen LogP contribution is 2.12. The van der Waals surface area contributed by atoms with E-state index in [9.17, 15) is 0 Å². The fraction of sp³-hybridized carbons (Fsp3) is 0.455. The van der Waals surface area contributed by atoms with Crippen molar-refractivity contribution < 1.29 is 0 Å². The van der Waals surface area contributed by atoms with Crippen molar-refractivity contribution in [2.24, 2.45) is 5.73 Å². The largest absolute Gasteiger partial charge is 0.326 e. The van der Waals surface area contributed by atoms with Crippen molar-refractivity contribution in [1.82, 2.24) is 0 Å². The van der Waals surface area contributed by atoms with E-state index in [1.165, 1.54) is 16.7 Å². The lowest BCUT2D eigenvalue weighted by Crippen LogP contribution is -2.24. The molecule has 0 aliphatic rings. The molecule has 1 unspecified atom stereocenters. The zero-order valence-corrected chi connectivity index (χ0v) is 8.93. The van der Waals surface area contributed by atoms with Gasteiger partial charge in [0, 0.05) is 11.9 Å². The molecule has 0 aromatic heterocycles. The minimum absolute atomic E-state index is 0.0723. The lowest BCUT2D eigenvalue weighted by molar-refractivity contribution is 0.741. The average molecular weight is 198 g/mol. The van der Waals surface area contributed by atoms with Crippen molar-refractivity contribution in [3.63, 3.8) is 0 Å². The molecule has 0 bridgehead atoms. The third-order valence-electron chi connectivity index (χ3n) is 2.18. The van der Waals surface area contributed by atoms with Crippen LogP contribution in [0.4, 0.5) is 0 Å². The topological polar surface area (TPSA) is 26.0 Å². The van der Waals surface area contributed by atoms with Crippen molar-refractivity contribution in [2.45, 2.75) is 26.3 Å². The zero-order chi connectivity index (χ0) is 9.84. The standard InChI is InChI=1S/C11H16ClN/c1-8-3-4-10(9(2)5-8)6-11(13)7-12/h3-5,11H,6-7,13H2,1-2H3. The van der Waals surface area contributed by atoms with Gasteiger partial charge in [0.25, 0.3) is 0 Å². The Balaban J connectivity index is 2.77. The molecule has 0 spiro atoms. The lowest BCUT2D eigenvalue weighted by Gasteiger charge is -2.10. The van der Waals surface area contributed by atoms with Gasteiger partial charge in [-0.2, -0.15) is 0 Å². The Bertz CT molecular complexity index is 283. The predicted molar refractivity (Wildman–Crippen MR) is 58.3 cm³/mol. The molecule has 2 N–H and O–H groups in total. The quantitative estimate of drug-likeness (QED) is 0.741. The molecular formula is C11H16ClN. The summed E-state index contributed by atoms with van der Waals surface area (Å²) in [7, 11) is 0. The number of rotatable bonds is 3. The van der Waals surface area contributed by atoms with Gasteiger partial charge in [0.1, 0.15) is 0 Å². The Labute approximate surface area is 84.9 Å². The van der Waals surface area contributed by atoms with Gasteiger partial charge in [0.15, 0.2) is 0 Å². The smallest absolute Gasteiger partial charge is 0.0378 e. The monoisotopic (exact) mass is 197 g/mol. The Morgan fingerprint density at radius 3 is 2.62 bits per heavy atom. The predicted octanol–water partition coefficient (Wildman–Crippen LogP) is 2.41. The molecule has 13 heavy (non-hydrogen) atoms. The average Bonchev–Trinajstić information content (AvgIpc) is 2.09. The van der Waals surface area contributed by atoms with Crippen molar-refractivity contribution in [2.75, 3.05) is 5.88 Å². The zero-order valence-electron chi connectivity index (χ0n) is 8.18. The summed E-state index contributed by atoms with van der Waals surface area (Å²) in [4.78, 5) is 0. The first-order valence-corrected chi connectivity index (χ1v) is 5.04. The van der Waals surface area contributed by atoms with E-state index in [0.29, 0.717) is 5.88 Å². The van der Waals surface area contributed by atoms with Crippen LogP contribution in [0.15, 0.2) is 18.2 Å². The van der Waals surface area contributed by atoms with Crippen LogP contribution in [0.2, 0.25) is 0 Å². The van der Waals surface area contributed by atoms with Gasteiger partial charge in [-0.1, -0.05) is 23.8 Å². The maximum absolute atomic E-state index is 5.78. The van der Waals surface area contributed by atoms with Crippen LogP contribution in [0.1, 0.15) is 16.7 Å². The van der Waals surface area contributed by atoms with Gasteiger partial charge in [0.05, 0.1) is 0 Å². The van der Waals surface area contributed by atoms with Crippen LogP contribution in [0.5, 0.6) is 0 Å². The summed E-state index contributed by atoms with van der Waals surface area (Å²) in [5, 5.41) is 0. The van der Waals surface area contributed by atoms with Crippen molar-refractivity contribution in [3.8, 4) is 0 Å². The van der Waals surface area contributed by atoms with Crippen molar-refractivity contribution >= 4 is 11.6 Å². The van der Waals surface area contributed by atoms with Gasteiger partial charge < -0.3 is 5.73 Å². The molecule has 1 atom stereocenters. The number of halogens is 1. The minimum atomic E-state index is 0.0723. The van der Waals surface area contributed by atoms with E-state index in [1.807, 2.05) is 0 Å². The second-order valence-corrected chi connectivity index (χ2v) is 3.86. The highest BCUT2D eigenvalue weighted by molar-refractivity contribution is 6.18. The summed E-state index contributed by atoms with van der Waals surface area (Å²) in [5.74, 6) is 0.521. The van der Waals surface area contributed by atoms with E-state index in [1.54, 1.807) is 0 Å². The van der Waals surface area contributed by atoms with Crippen LogP contribution in [0, 0.1) is 13.8 Å². The van der Waals surface area contributed by atoms with E-state index in [0.717, 1.165) is 6.42 Å². The SMILES string of the molecule is Cc1ccc(CC(N)CCl)c(C)c1. The first-order chi connectivity index (χ1) is 6.13. The Morgan fingerprint density at radius 2 is 2.08 bits per heavy atom. The van der Waals surface area contributed by atoms with Gasteiger partial charge in [-0.3, -0.25) is 0 Å². The van der Waals surface area contributed by atoms with E-state index < -0.39 is 0 Å². The maximum atomic E-state index is 5.78. The van der Waals surface area contributed by atoms with Crippen molar-refractivity contribution in [3.05, 3.63) is 34.9 Å². The van der Waals surface area contributed by atoms with Gasteiger partial charge in [-0.05, 0) is 31.4 Å². The molecule has 0 saturated heterocycles. The molecule has 72 valence electrons. The van der Waals surface area contributed by atoms with Crippen LogP contribution in [-0.4, -0.2) is 11.9 Å².